The Balaban J connectivity index is 1.51. The summed E-state index contributed by atoms with van der Waals surface area (Å²) in [6.45, 7) is 0. The number of non-ortho nitro benzene ring substituents is 1. The minimum atomic E-state index is -0.557. The van der Waals surface area contributed by atoms with Gasteiger partial charge in [0, 0.05) is 34.5 Å². The minimum absolute atomic E-state index is 0.0871. The number of nitro benzene ring substituents is 1. The molecule has 8 nitrogen and oxygen atoms in total. The highest BCUT2D eigenvalue weighted by molar-refractivity contribution is 8.00. The highest BCUT2D eigenvalue weighted by Crippen LogP contribution is 2.37. The number of anilines is 2. The molecule has 1 heterocycles. The van der Waals surface area contributed by atoms with Gasteiger partial charge in [-0.05, 0) is 48.0 Å². The van der Waals surface area contributed by atoms with Gasteiger partial charge in [0.05, 0.1) is 4.92 Å². The standard InChI is InChI=1S/C26H20N4O4S/c31-25(19-12-14-21(15-13-19)30(33)34)28-20-9-6-10-22(17-20)35-24(18-7-2-1-3-8-18)26(32)29-23-11-4-5-16-27-23/h1-17,24H,(H,28,31)(H,27,29,32). The first kappa shape index (κ1) is 23.7. The van der Waals surface area contributed by atoms with Crippen LogP contribution in [0.4, 0.5) is 17.2 Å². The summed E-state index contributed by atoms with van der Waals surface area (Å²) in [6.07, 6.45) is 1.61. The number of nitrogens with zero attached hydrogens (tertiary/aromatic N) is 2. The molecule has 2 N–H and O–H groups in total. The van der Waals surface area contributed by atoms with Crippen molar-refractivity contribution < 1.29 is 14.5 Å². The number of nitrogens with one attached hydrogen (secondary N) is 2. The number of pyridine rings is 1. The molecule has 1 unspecified atom stereocenters. The molecule has 1 aromatic heterocycles. The number of hydrogen-bond donors (Lipinski definition) is 2. The van der Waals surface area contributed by atoms with Crippen LogP contribution in [0.5, 0.6) is 0 Å². The molecule has 4 rings (SSSR count). The van der Waals surface area contributed by atoms with Gasteiger partial charge < -0.3 is 10.6 Å². The second kappa shape index (κ2) is 11.1. The van der Waals surface area contributed by atoms with Crippen molar-refractivity contribution in [1.29, 1.82) is 0 Å². The Morgan fingerprint density at radius 2 is 1.60 bits per heavy atom. The first-order valence-electron chi connectivity index (χ1n) is 10.6. The van der Waals surface area contributed by atoms with Crippen LogP contribution in [0.3, 0.4) is 0 Å². The molecule has 9 heteroatoms. The van der Waals surface area contributed by atoms with Crippen LogP contribution in [0.2, 0.25) is 0 Å². The van der Waals surface area contributed by atoms with E-state index < -0.39 is 16.1 Å². The number of thioether (sulfide) groups is 1. The molecular formula is C26H20N4O4S. The van der Waals surface area contributed by atoms with Crippen LogP contribution < -0.4 is 10.6 Å². The van der Waals surface area contributed by atoms with Crippen LogP contribution >= 0.6 is 11.8 Å². The van der Waals surface area contributed by atoms with Gasteiger partial charge in [-0.1, -0.05) is 42.5 Å². The van der Waals surface area contributed by atoms with E-state index in [2.05, 4.69) is 15.6 Å². The number of carbonyl (C=O) groups excluding carboxylic acids is 2. The average Bonchev–Trinajstić information content (AvgIpc) is 2.88. The van der Waals surface area contributed by atoms with Gasteiger partial charge >= 0.3 is 0 Å². The third-order valence-electron chi connectivity index (χ3n) is 4.94. The highest BCUT2D eigenvalue weighted by Gasteiger charge is 2.23. The molecule has 1 atom stereocenters. The zero-order chi connectivity index (χ0) is 24.6. The monoisotopic (exact) mass is 484 g/mol. The second-order valence-electron chi connectivity index (χ2n) is 7.40. The van der Waals surface area contributed by atoms with E-state index in [1.54, 1.807) is 42.6 Å². The number of hydrogen-bond acceptors (Lipinski definition) is 6. The summed E-state index contributed by atoms with van der Waals surface area (Å²) < 4.78 is 0. The van der Waals surface area contributed by atoms with E-state index in [1.807, 2.05) is 36.4 Å². The molecular weight excluding hydrogens is 464 g/mol. The number of carbonyl (C=O) groups is 2. The van der Waals surface area contributed by atoms with Gasteiger partial charge in [-0.3, -0.25) is 19.7 Å². The van der Waals surface area contributed by atoms with E-state index in [1.165, 1.54) is 36.0 Å². The maximum absolute atomic E-state index is 13.2. The molecule has 0 aliphatic rings. The summed E-state index contributed by atoms with van der Waals surface area (Å²) in [7, 11) is 0. The maximum Gasteiger partial charge on any atom is 0.269 e. The van der Waals surface area contributed by atoms with E-state index in [0.717, 1.165) is 10.5 Å². The van der Waals surface area contributed by atoms with Crippen LogP contribution in [0.25, 0.3) is 0 Å². The molecule has 4 aromatic rings. The van der Waals surface area contributed by atoms with Crippen molar-refractivity contribution in [3.63, 3.8) is 0 Å². The molecule has 0 aliphatic carbocycles. The normalized spacial score (nSPS) is 11.3. The number of aromatic nitrogens is 1. The third-order valence-corrected chi connectivity index (χ3v) is 6.19. The molecule has 3 aromatic carbocycles. The molecule has 0 aliphatic heterocycles. The maximum atomic E-state index is 13.2. The molecule has 0 bridgehead atoms. The molecule has 174 valence electrons. The van der Waals surface area contributed by atoms with Crippen LogP contribution in [0.15, 0.2) is 108 Å². The van der Waals surface area contributed by atoms with Crippen LogP contribution in [-0.4, -0.2) is 21.7 Å². The molecule has 0 saturated carbocycles. The van der Waals surface area contributed by atoms with E-state index in [0.29, 0.717) is 17.1 Å². The summed E-state index contributed by atoms with van der Waals surface area (Å²) in [6, 6.07) is 27.2. The van der Waals surface area contributed by atoms with Gasteiger partial charge in [-0.15, -0.1) is 11.8 Å². The summed E-state index contributed by atoms with van der Waals surface area (Å²) in [5, 5.41) is 15.9. The number of amides is 2. The van der Waals surface area contributed by atoms with Crippen LogP contribution in [0, 0.1) is 10.1 Å². The topological polar surface area (TPSA) is 114 Å². The number of rotatable bonds is 8. The first-order valence-corrected chi connectivity index (χ1v) is 11.5. The van der Waals surface area contributed by atoms with Crippen molar-refractivity contribution in [3.05, 3.63) is 124 Å². The lowest BCUT2D eigenvalue weighted by molar-refractivity contribution is -0.384. The Kier molecular flexibility index (Phi) is 7.49. The van der Waals surface area contributed by atoms with E-state index >= 15 is 0 Å². The Bertz CT molecular complexity index is 1330. The van der Waals surface area contributed by atoms with Gasteiger partial charge in [0.2, 0.25) is 5.91 Å². The average molecular weight is 485 g/mol. The van der Waals surface area contributed by atoms with Gasteiger partial charge in [0.1, 0.15) is 11.1 Å². The summed E-state index contributed by atoms with van der Waals surface area (Å²) in [5.74, 6) is -0.155. The Morgan fingerprint density at radius 3 is 2.29 bits per heavy atom. The minimum Gasteiger partial charge on any atom is -0.322 e. The van der Waals surface area contributed by atoms with Gasteiger partial charge in [-0.25, -0.2) is 4.98 Å². The third kappa shape index (κ3) is 6.30. The van der Waals surface area contributed by atoms with Crippen molar-refractivity contribution in [2.45, 2.75) is 10.1 Å². The largest absolute Gasteiger partial charge is 0.322 e. The fraction of sp³-hybridized carbons (Fsp3) is 0.0385. The Morgan fingerprint density at radius 1 is 0.857 bits per heavy atom. The Hall–Kier alpha value is -4.50. The lowest BCUT2D eigenvalue weighted by Crippen LogP contribution is -2.19. The molecule has 0 spiro atoms. The van der Waals surface area contributed by atoms with Crippen molar-refractivity contribution >= 4 is 40.8 Å². The molecule has 0 fully saturated rings. The number of benzene rings is 3. The number of nitro groups is 1. The van der Waals surface area contributed by atoms with Crippen molar-refractivity contribution in [2.24, 2.45) is 0 Å². The summed E-state index contributed by atoms with van der Waals surface area (Å²) >= 11 is 1.35. The Labute approximate surface area is 205 Å². The molecule has 35 heavy (non-hydrogen) atoms. The van der Waals surface area contributed by atoms with Crippen molar-refractivity contribution in [1.82, 2.24) is 4.98 Å². The second-order valence-corrected chi connectivity index (χ2v) is 8.58. The van der Waals surface area contributed by atoms with E-state index in [9.17, 15) is 19.7 Å². The fourth-order valence-corrected chi connectivity index (χ4v) is 4.33. The van der Waals surface area contributed by atoms with Gasteiger partial charge in [-0.2, -0.15) is 0 Å². The smallest absolute Gasteiger partial charge is 0.269 e. The van der Waals surface area contributed by atoms with E-state index in [-0.39, 0.29) is 11.6 Å². The van der Waals surface area contributed by atoms with Gasteiger partial charge in [0.15, 0.2) is 0 Å². The molecule has 0 radical (unpaired) electrons. The summed E-state index contributed by atoms with van der Waals surface area (Å²) in [4.78, 5) is 41.0. The predicted molar refractivity (Wildman–Crippen MR) is 135 cm³/mol. The summed E-state index contributed by atoms with van der Waals surface area (Å²) in [5.41, 5.74) is 1.57. The molecule has 0 saturated heterocycles. The van der Waals surface area contributed by atoms with Crippen molar-refractivity contribution in [2.75, 3.05) is 10.6 Å². The lowest BCUT2D eigenvalue weighted by Gasteiger charge is -2.17. The molecule has 2 amide bonds. The van der Waals surface area contributed by atoms with Crippen LogP contribution in [0.1, 0.15) is 21.2 Å². The van der Waals surface area contributed by atoms with Crippen LogP contribution in [-0.2, 0) is 4.79 Å². The lowest BCUT2D eigenvalue weighted by atomic mass is 10.1. The van der Waals surface area contributed by atoms with Crippen molar-refractivity contribution in [3.8, 4) is 0 Å². The highest BCUT2D eigenvalue weighted by atomic mass is 32.2. The fourth-order valence-electron chi connectivity index (χ4n) is 3.25. The van der Waals surface area contributed by atoms with Gasteiger partial charge in [0.25, 0.3) is 11.6 Å². The quantitative estimate of drug-likeness (QED) is 0.188. The zero-order valence-corrected chi connectivity index (χ0v) is 19.1. The zero-order valence-electron chi connectivity index (χ0n) is 18.3. The predicted octanol–water partition coefficient (Wildman–Crippen LogP) is 5.71. The SMILES string of the molecule is O=C(Nc1cccc(SC(C(=O)Nc2ccccn2)c2ccccc2)c1)c1ccc([N+](=O)[O-])cc1. The van der Waals surface area contributed by atoms with E-state index in [4.69, 9.17) is 0 Å². The first-order chi connectivity index (χ1) is 17.0.